The number of hydrogen-bond acceptors (Lipinski definition) is 4. The number of carbonyl (C=O) groups is 1. The van der Waals surface area contributed by atoms with Crippen LogP contribution >= 0.6 is 0 Å². The molecular formula is C15H22N2O3. The van der Waals surface area contributed by atoms with E-state index in [-0.39, 0.29) is 11.9 Å². The van der Waals surface area contributed by atoms with Crippen molar-refractivity contribution in [2.75, 3.05) is 25.6 Å². The molecule has 1 saturated carbocycles. The van der Waals surface area contributed by atoms with Crippen molar-refractivity contribution in [2.24, 2.45) is 11.7 Å². The molecule has 0 radical (unpaired) electrons. The van der Waals surface area contributed by atoms with E-state index in [1.807, 2.05) is 24.3 Å². The molecule has 1 aliphatic carbocycles. The molecule has 1 fully saturated rings. The number of carbonyl (C=O) groups excluding carboxylic acids is 1. The molecular weight excluding hydrogens is 256 g/mol. The average molecular weight is 278 g/mol. The minimum absolute atomic E-state index is 0.00773. The second-order valence-corrected chi connectivity index (χ2v) is 5.12. The molecule has 1 aromatic carbocycles. The number of hydrogen-bond donors (Lipinski definition) is 2. The van der Waals surface area contributed by atoms with Gasteiger partial charge < -0.3 is 20.5 Å². The van der Waals surface area contributed by atoms with Crippen LogP contribution in [0.5, 0.6) is 5.75 Å². The van der Waals surface area contributed by atoms with Crippen molar-refractivity contribution in [3.63, 3.8) is 0 Å². The van der Waals surface area contributed by atoms with Crippen LogP contribution in [-0.4, -0.2) is 32.3 Å². The van der Waals surface area contributed by atoms with Crippen LogP contribution < -0.4 is 15.8 Å². The normalized spacial score (nSPS) is 15.7. The Balaban J connectivity index is 1.75. The molecule has 20 heavy (non-hydrogen) atoms. The predicted octanol–water partition coefficient (Wildman–Crippen LogP) is 1.78. The summed E-state index contributed by atoms with van der Waals surface area (Å²) in [5.41, 5.74) is 6.69. The van der Waals surface area contributed by atoms with E-state index in [1.165, 1.54) is 0 Å². The van der Waals surface area contributed by atoms with Gasteiger partial charge in [-0.3, -0.25) is 4.79 Å². The molecule has 110 valence electrons. The average Bonchev–Trinajstić information content (AvgIpc) is 3.25. The van der Waals surface area contributed by atoms with Gasteiger partial charge in [0.2, 0.25) is 5.91 Å². The van der Waals surface area contributed by atoms with Crippen LogP contribution in [0.2, 0.25) is 0 Å². The van der Waals surface area contributed by atoms with Crippen LogP contribution in [0.4, 0.5) is 5.69 Å². The van der Waals surface area contributed by atoms with Crippen molar-refractivity contribution >= 4 is 11.6 Å². The van der Waals surface area contributed by atoms with Crippen molar-refractivity contribution in [3.05, 3.63) is 24.3 Å². The Bertz CT molecular complexity index is 429. The summed E-state index contributed by atoms with van der Waals surface area (Å²) in [5, 5.41) is 2.85. The van der Waals surface area contributed by atoms with Crippen molar-refractivity contribution in [1.29, 1.82) is 0 Å². The smallest absolute Gasteiger partial charge is 0.225 e. The number of amides is 1. The van der Waals surface area contributed by atoms with Gasteiger partial charge in [0, 0.05) is 25.3 Å². The lowest BCUT2D eigenvalue weighted by Crippen LogP contribution is -2.28. The third kappa shape index (κ3) is 4.83. The van der Waals surface area contributed by atoms with E-state index in [2.05, 4.69) is 5.32 Å². The van der Waals surface area contributed by atoms with Crippen LogP contribution in [0, 0.1) is 5.92 Å². The van der Waals surface area contributed by atoms with E-state index in [9.17, 15) is 4.79 Å². The fraction of sp³-hybridized carbons (Fsp3) is 0.533. The lowest BCUT2D eigenvalue weighted by Gasteiger charge is -2.11. The molecule has 3 N–H and O–H groups in total. The molecule has 0 aromatic heterocycles. The maximum absolute atomic E-state index is 11.8. The summed E-state index contributed by atoms with van der Waals surface area (Å²) in [5.74, 6) is 1.27. The topological polar surface area (TPSA) is 73.6 Å². The summed E-state index contributed by atoms with van der Waals surface area (Å²) in [7, 11) is 1.63. The highest BCUT2D eigenvalue weighted by molar-refractivity contribution is 5.91. The molecule has 5 heteroatoms. The zero-order valence-electron chi connectivity index (χ0n) is 11.8. The van der Waals surface area contributed by atoms with Gasteiger partial charge in [-0.25, -0.2) is 0 Å². The van der Waals surface area contributed by atoms with Gasteiger partial charge in [0.25, 0.3) is 0 Å². The van der Waals surface area contributed by atoms with Crippen LogP contribution in [0.1, 0.15) is 19.3 Å². The van der Waals surface area contributed by atoms with Crippen LogP contribution in [-0.2, 0) is 9.53 Å². The first kappa shape index (κ1) is 14.8. The molecule has 1 amide bonds. The molecule has 1 aliphatic rings. The Labute approximate surface area is 119 Å². The Morgan fingerprint density at radius 2 is 2.05 bits per heavy atom. The number of nitrogens with one attached hydrogen (secondary N) is 1. The van der Waals surface area contributed by atoms with E-state index in [1.54, 1.807) is 7.11 Å². The Morgan fingerprint density at radius 1 is 1.35 bits per heavy atom. The summed E-state index contributed by atoms with van der Waals surface area (Å²) >= 11 is 0. The van der Waals surface area contributed by atoms with Crippen molar-refractivity contribution in [2.45, 2.75) is 25.3 Å². The second-order valence-electron chi connectivity index (χ2n) is 5.12. The first-order valence-corrected chi connectivity index (χ1v) is 6.96. The molecule has 0 heterocycles. The summed E-state index contributed by atoms with van der Waals surface area (Å²) in [6, 6.07) is 7.29. The minimum Gasteiger partial charge on any atom is -0.491 e. The zero-order valence-corrected chi connectivity index (χ0v) is 11.8. The van der Waals surface area contributed by atoms with E-state index < -0.39 is 0 Å². The fourth-order valence-corrected chi connectivity index (χ4v) is 1.99. The molecule has 1 atom stereocenters. The minimum atomic E-state index is -0.0301. The van der Waals surface area contributed by atoms with Gasteiger partial charge in [-0.2, -0.15) is 0 Å². The lowest BCUT2D eigenvalue weighted by molar-refractivity contribution is -0.116. The molecule has 5 nitrogen and oxygen atoms in total. The third-order valence-corrected chi connectivity index (χ3v) is 3.34. The van der Waals surface area contributed by atoms with Crippen molar-refractivity contribution in [3.8, 4) is 5.75 Å². The number of ether oxygens (including phenoxy) is 2. The highest BCUT2D eigenvalue weighted by Crippen LogP contribution is 2.32. The van der Waals surface area contributed by atoms with Gasteiger partial charge in [0.15, 0.2) is 0 Å². The summed E-state index contributed by atoms with van der Waals surface area (Å²) in [6.07, 6.45) is 2.70. The molecule has 0 bridgehead atoms. The van der Waals surface area contributed by atoms with Gasteiger partial charge in [0.05, 0.1) is 6.61 Å². The number of nitrogens with two attached hydrogens (primary N) is 1. The Hall–Kier alpha value is -1.59. The van der Waals surface area contributed by atoms with Crippen molar-refractivity contribution < 1.29 is 14.3 Å². The Morgan fingerprint density at radius 3 is 2.65 bits per heavy atom. The van der Waals surface area contributed by atoms with Crippen molar-refractivity contribution in [1.82, 2.24) is 0 Å². The van der Waals surface area contributed by atoms with Gasteiger partial charge in [0.1, 0.15) is 12.4 Å². The monoisotopic (exact) mass is 278 g/mol. The number of rotatable bonds is 8. The first-order chi connectivity index (χ1) is 9.69. The summed E-state index contributed by atoms with van der Waals surface area (Å²) in [6.45, 7) is 1.07. The standard InChI is InChI=1S/C15H22N2O3/c1-19-8-9-20-13-6-4-12(5-7-13)17-15(18)10-14(16)11-2-3-11/h4-7,11,14H,2-3,8-10,16H2,1H3,(H,17,18). The van der Waals surface area contributed by atoms with E-state index in [4.69, 9.17) is 15.2 Å². The fourth-order valence-electron chi connectivity index (χ4n) is 1.99. The number of anilines is 1. The van der Waals surface area contributed by atoms with Crippen LogP contribution in [0.15, 0.2) is 24.3 Å². The molecule has 0 aliphatic heterocycles. The van der Waals surface area contributed by atoms with E-state index in [0.29, 0.717) is 25.6 Å². The van der Waals surface area contributed by atoms with Crippen LogP contribution in [0.25, 0.3) is 0 Å². The molecule has 1 aromatic rings. The molecule has 0 saturated heterocycles. The first-order valence-electron chi connectivity index (χ1n) is 6.96. The quantitative estimate of drug-likeness (QED) is 0.711. The van der Waals surface area contributed by atoms with Gasteiger partial charge in [-0.05, 0) is 43.0 Å². The van der Waals surface area contributed by atoms with Gasteiger partial charge >= 0.3 is 0 Å². The number of benzene rings is 1. The zero-order chi connectivity index (χ0) is 14.4. The van der Waals surface area contributed by atoms with E-state index in [0.717, 1.165) is 24.3 Å². The molecule has 0 spiro atoms. The van der Waals surface area contributed by atoms with E-state index >= 15 is 0 Å². The lowest BCUT2D eigenvalue weighted by atomic mass is 10.1. The third-order valence-electron chi connectivity index (χ3n) is 3.34. The summed E-state index contributed by atoms with van der Waals surface area (Å²) < 4.78 is 10.4. The maximum Gasteiger partial charge on any atom is 0.225 e. The SMILES string of the molecule is COCCOc1ccc(NC(=O)CC(N)C2CC2)cc1. The molecule has 1 unspecified atom stereocenters. The van der Waals surface area contributed by atoms with Crippen LogP contribution in [0.3, 0.4) is 0 Å². The van der Waals surface area contributed by atoms with Gasteiger partial charge in [-0.1, -0.05) is 0 Å². The Kier molecular flexibility index (Phi) is 5.38. The number of methoxy groups -OCH3 is 1. The largest absolute Gasteiger partial charge is 0.491 e. The maximum atomic E-state index is 11.8. The second kappa shape index (κ2) is 7.26. The van der Waals surface area contributed by atoms with Gasteiger partial charge in [-0.15, -0.1) is 0 Å². The highest BCUT2D eigenvalue weighted by Gasteiger charge is 2.29. The highest BCUT2D eigenvalue weighted by atomic mass is 16.5. The molecule has 2 rings (SSSR count). The predicted molar refractivity (Wildman–Crippen MR) is 77.8 cm³/mol. The summed E-state index contributed by atoms with van der Waals surface area (Å²) in [4.78, 5) is 11.8.